The normalized spacial score (nSPS) is 17.1. The minimum absolute atomic E-state index is 0.0738. The number of aromatic nitrogens is 2. The summed E-state index contributed by atoms with van der Waals surface area (Å²) in [7, 11) is 0. The third-order valence-electron chi connectivity index (χ3n) is 5.48. The van der Waals surface area contributed by atoms with E-state index < -0.39 is 0 Å². The summed E-state index contributed by atoms with van der Waals surface area (Å²) in [5.74, 6) is 2.40. The number of carbonyl (C=O) groups is 1. The molecule has 1 aromatic heterocycles. The molecule has 2 aromatic carbocycles. The molecule has 5 rings (SSSR count). The molecular formula is C22H21N3O3. The van der Waals surface area contributed by atoms with Crippen LogP contribution in [0.1, 0.15) is 19.3 Å². The van der Waals surface area contributed by atoms with Crippen molar-refractivity contribution in [3.8, 4) is 28.6 Å². The van der Waals surface area contributed by atoms with E-state index in [-0.39, 0.29) is 12.0 Å². The van der Waals surface area contributed by atoms with E-state index in [4.69, 9.17) is 9.26 Å². The second-order valence-electron chi connectivity index (χ2n) is 7.42. The Morgan fingerprint density at radius 1 is 1.00 bits per heavy atom. The Morgan fingerprint density at radius 2 is 1.75 bits per heavy atom. The van der Waals surface area contributed by atoms with E-state index in [2.05, 4.69) is 10.1 Å². The highest BCUT2D eigenvalue weighted by molar-refractivity contribution is 5.80. The monoisotopic (exact) mass is 375 g/mol. The fourth-order valence-corrected chi connectivity index (χ4v) is 3.52. The summed E-state index contributed by atoms with van der Waals surface area (Å²) < 4.78 is 11.3. The van der Waals surface area contributed by atoms with Gasteiger partial charge in [-0.05, 0) is 49.2 Å². The smallest absolute Gasteiger partial charge is 0.258 e. The minimum Gasteiger partial charge on any atom is -0.487 e. The molecule has 0 atom stereocenters. The number of rotatable bonds is 5. The standard InChI is InChI=1S/C22H21N3O3/c26-22(17-7-4-8-17)25-13-19(14-25)27-18-11-9-15(10-12-18)20-23-21(28-24-20)16-5-2-1-3-6-16/h1-3,5-6,9-12,17,19H,4,7-8,13-14H2. The lowest BCUT2D eigenvalue weighted by Gasteiger charge is -2.42. The van der Waals surface area contributed by atoms with Gasteiger partial charge < -0.3 is 14.2 Å². The fourth-order valence-electron chi connectivity index (χ4n) is 3.52. The van der Waals surface area contributed by atoms with Crippen LogP contribution in [0.25, 0.3) is 22.8 Å². The van der Waals surface area contributed by atoms with E-state index in [1.165, 1.54) is 6.42 Å². The van der Waals surface area contributed by atoms with Gasteiger partial charge in [0.2, 0.25) is 11.7 Å². The van der Waals surface area contributed by atoms with Gasteiger partial charge in [0.1, 0.15) is 11.9 Å². The maximum atomic E-state index is 12.2. The molecule has 3 aromatic rings. The summed E-state index contributed by atoms with van der Waals surface area (Å²) in [6.45, 7) is 1.37. The van der Waals surface area contributed by atoms with Crippen LogP contribution in [0.4, 0.5) is 0 Å². The molecule has 1 aliphatic carbocycles. The van der Waals surface area contributed by atoms with Crippen LogP contribution in [0.2, 0.25) is 0 Å². The van der Waals surface area contributed by atoms with Crippen molar-refractivity contribution in [2.45, 2.75) is 25.4 Å². The molecule has 0 radical (unpaired) electrons. The van der Waals surface area contributed by atoms with Crippen molar-refractivity contribution >= 4 is 5.91 Å². The first-order chi connectivity index (χ1) is 13.8. The molecule has 1 saturated heterocycles. The molecule has 2 fully saturated rings. The van der Waals surface area contributed by atoms with Crippen LogP contribution < -0.4 is 4.74 Å². The number of nitrogens with zero attached hydrogens (tertiary/aromatic N) is 3. The molecule has 6 heteroatoms. The highest BCUT2D eigenvalue weighted by Gasteiger charge is 2.37. The number of hydrogen-bond donors (Lipinski definition) is 0. The van der Waals surface area contributed by atoms with Gasteiger partial charge in [-0.3, -0.25) is 4.79 Å². The van der Waals surface area contributed by atoms with Crippen molar-refractivity contribution < 1.29 is 14.1 Å². The topological polar surface area (TPSA) is 68.5 Å². The predicted octanol–water partition coefficient (Wildman–Crippen LogP) is 3.79. The molecule has 0 bridgehead atoms. The zero-order valence-corrected chi connectivity index (χ0v) is 15.5. The third kappa shape index (κ3) is 3.26. The molecule has 0 spiro atoms. The summed E-state index contributed by atoms with van der Waals surface area (Å²) in [5, 5.41) is 4.07. The summed E-state index contributed by atoms with van der Waals surface area (Å²) in [6, 6.07) is 17.4. The van der Waals surface area contributed by atoms with Crippen LogP contribution in [-0.4, -0.2) is 40.1 Å². The minimum atomic E-state index is 0.0738. The van der Waals surface area contributed by atoms with E-state index in [9.17, 15) is 4.79 Å². The SMILES string of the molecule is O=C(C1CCC1)N1CC(Oc2ccc(-c3noc(-c4ccccc4)n3)cc2)C1. The number of hydrogen-bond acceptors (Lipinski definition) is 5. The van der Waals surface area contributed by atoms with Crippen LogP contribution in [0.3, 0.4) is 0 Å². The highest BCUT2D eigenvalue weighted by Crippen LogP contribution is 2.31. The molecule has 28 heavy (non-hydrogen) atoms. The molecule has 0 unspecified atom stereocenters. The average Bonchev–Trinajstić information content (AvgIpc) is 3.14. The van der Waals surface area contributed by atoms with Crippen molar-refractivity contribution in [3.05, 3.63) is 54.6 Å². The molecule has 1 saturated carbocycles. The summed E-state index contributed by atoms with van der Waals surface area (Å²) >= 11 is 0. The average molecular weight is 375 g/mol. The zero-order chi connectivity index (χ0) is 18.9. The molecule has 6 nitrogen and oxygen atoms in total. The number of amides is 1. The maximum Gasteiger partial charge on any atom is 0.258 e. The fraction of sp³-hybridized carbons (Fsp3) is 0.318. The van der Waals surface area contributed by atoms with Gasteiger partial charge in [-0.2, -0.15) is 4.98 Å². The van der Waals surface area contributed by atoms with Gasteiger partial charge in [0.25, 0.3) is 5.89 Å². The second kappa shape index (κ2) is 7.11. The van der Waals surface area contributed by atoms with Gasteiger partial charge in [0, 0.05) is 17.0 Å². The number of ether oxygens (including phenoxy) is 1. The lowest BCUT2D eigenvalue weighted by molar-refractivity contribution is -0.147. The molecule has 0 N–H and O–H groups in total. The Hall–Kier alpha value is -3.15. The van der Waals surface area contributed by atoms with Gasteiger partial charge in [-0.25, -0.2) is 0 Å². The van der Waals surface area contributed by atoms with Crippen LogP contribution in [0, 0.1) is 5.92 Å². The second-order valence-corrected chi connectivity index (χ2v) is 7.42. The van der Waals surface area contributed by atoms with Crippen LogP contribution >= 0.6 is 0 Å². The van der Waals surface area contributed by atoms with E-state index >= 15 is 0 Å². The largest absolute Gasteiger partial charge is 0.487 e. The zero-order valence-electron chi connectivity index (χ0n) is 15.5. The lowest BCUT2D eigenvalue weighted by atomic mass is 9.83. The van der Waals surface area contributed by atoms with E-state index in [0.29, 0.717) is 30.7 Å². The van der Waals surface area contributed by atoms with Gasteiger partial charge >= 0.3 is 0 Å². The maximum absolute atomic E-state index is 12.2. The predicted molar refractivity (Wildman–Crippen MR) is 104 cm³/mol. The van der Waals surface area contributed by atoms with Crippen molar-refractivity contribution in [2.24, 2.45) is 5.92 Å². The van der Waals surface area contributed by atoms with Gasteiger partial charge in [0.15, 0.2) is 0 Å². The molecule has 2 heterocycles. The third-order valence-corrected chi connectivity index (χ3v) is 5.48. The Kier molecular flexibility index (Phi) is 4.31. The Morgan fingerprint density at radius 3 is 2.43 bits per heavy atom. The lowest BCUT2D eigenvalue weighted by Crippen LogP contribution is -2.58. The van der Waals surface area contributed by atoms with Gasteiger partial charge in [-0.1, -0.05) is 29.8 Å². The van der Waals surface area contributed by atoms with Crippen molar-refractivity contribution in [2.75, 3.05) is 13.1 Å². The quantitative estimate of drug-likeness (QED) is 0.679. The first-order valence-electron chi connectivity index (χ1n) is 9.71. The summed E-state index contributed by atoms with van der Waals surface area (Å²) in [6.07, 6.45) is 3.35. The summed E-state index contributed by atoms with van der Waals surface area (Å²) in [5.41, 5.74) is 1.76. The number of carbonyl (C=O) groups excluding carboxylic acids is 1. The van der Waals surface area contributed by atoms with Gasteiger partial charge in [-0.15, -0.1) is 0 Å². The van der Waals surface area contributed by atoms with Gasteiger partial charge in [0.05, 0.1) is 13.1 Å². The Bertz CT molecular complexity index is 958. The molecule has 142 valence electrons. The van der Waals surface area contributed by atoms with E-state index in [1.807, 2.05) is 59.5 Å². The Labute approximate surface area is 163 Å². The highest BCUT2D eigenvalue weighted by atomic mass is 16.5. The Balaban J connectivity index is 1.19. The molecule has 1 aliphatic heterocycles. The van der Waals surface area contributed by atoms with E-state index in [1.54, 1.807) is 0 Å². The summed E-state index contributed by atoms with van der Waals surface area (Å²) in [4.78, 5) is 18.5. The van der Waals surface area contributed by atoms with Crippen LogP contribution in [0.15, 0.2) is 59.1 Å². The first-order valence-corrected chi connectivity index (χ1v) is 9.71. The first kappa shape index (κ1) is 17.0. The molecule has 1 amide bonds. The van der Waals surface area contributed by atoms with E-state index in [0.717, 1.165) is 29.7 Å². The van der Waals surface area contributed by atoms with Crippen molar-refractivity contribution in [3.63, 3.8) is 0 Å². The number of benzene rings is 2. The van der Waals surface area contributed by atoms with Crippen LogP contribution in [0.5, 0.6) is 5.75 Å². The number of likely N-dealkylation sites (tertiary alicyclic amines) is 1. The molecule has 2 aliphatic rings. The van der Waals surface area contributed by atoms with Crippen molar-refractivity contribution in [1.29, 1.82) is 0 Å². The molecular weight excluding hydrogens is 354 g/mol. The van der Waals surface area contributed by atoms with Crippen molar-refractivity contribution in [1.82, 2.24) is 15.0 Å². The van der Waals surface area contributed by atoms with Crippen LogP contribution in [-0.2, 0) is 4.79 Å².